The number of hydrogen-bond acceptors (Lipinski definition) is 2. The van der Waals surface area contributed by atoms with Crippen LogP contribution in [0.3, 0.4) is 0 Å². The van der Waals surface area contributed by atoms with Crippen molar-refractivity contribution >= 4 is 11.9 Å². The van der Waals surface area contributed by atoms with E-state index in [9.17, 15) is 14.0 Å². The van der Waals surface area contributed by atoms with Crippen LogP contribution >= 0.6 is 0 Å². The van der Waals surface area contributed by atoms with Gasteiger partial charge in [-0.3, -0.25) is 4.79 Å². The number of amides is 3. The van der Waals surface area contributed by atoms with Gasteiger partial charge in [0.05, 0.1) is 6.54 Å². The summed E-state index contributed by atoms with van der Waals surface area (Å²) in [7, 11) is 1.48. The average Bonchev–Trinajstić information content (AvgIpc) is 3.28. The van der Waals surface area contributed by atoms with Crippen LogP contribution < -0.4 is 10.6 Å². The molecular formula is C14H18FN3O2. The molecule has 0 atom stereocenters. The monoisotopic (exact) mass is 279 g/mol. The maximum Gasteiger partial charge on any atom is 0.314 e. The molecule has 0 radical (unpaired) electrons. The van der Waals surface area contributed by atoms with Gasteiger partial charge in [0.1, 0.15) is 5.82 Å². The van der Waals surface area contributed by atoms with E-state index in [-0.39, 0.29) is 30.9 Å². The van der Waals surface area contributed by atoms with Gasteiger partial charge in [-0.1, -0.05) is 18.2 Å². The van der Waals surface area contributed by atoms with Crippen LogP contribution in [0.4, 0.5) is 9.18 Å². The molecule has 0 heterocycles. The van der Waals surface area contributed by atoms with Crippen molar-refractivity contribution in [3.8, 4) is 0 Å². The Morgan fingerprint density at radius 1 is 1.35 bits per heavy atom. The number of hydrogen-bond donors (Lipinski definition) is 2. The number of carbonyl (C=O) groups excluding carboxylic acids is 2. The Bertz CT molecular complexity index is 503. The van der Waals surface area contributed by atoms with Crippen LogP contribution in [0.5, 0.6) is 0 Å². The first-order valence-electron chi connectivity index (χ1n) is 6.60. The van der Waals surface area contributed by atoms with Crippen molar-refractivity contribution in [1.82, 2.24) is 15.5 Å². The highest BCUT2D eigenvalue weighted by atomic mass is 19.1. The summed E-state index contributed by atoms with van der Waals surface area (Å²) in [6.07, 6.45) is 1.86. The van der Waals surface area contributed by atoms with Crippen LogP contribution in [0, 0.1) is 5.82 Å². The molecule has 1 fully saturated rings. The lowest BCUT2D eigenvalue weighted by Crippen LogP contribution is -2.43. The fraction of sp³-hybridized carbons (Fsp3) is 0.429. The zero-order chi connectivity index (χ0) is 14.5. The highest BCUT2D eigenvalue weighted by Crippen LogP contribution is 2.28. The number of benzene rings is 1. The molecule has 3 amide bonds. The number of carbonyl (C=O) groups is 2. The predicted octanol–water partition coefficient (Wildman–Crippen LogP) is 1.25. The van der Waals surface area contributed by atoms with Gasteiger partial charge in [-0.15, -0.1) is 0 Å². The van der Waals surface area contributed by atoms with E-state index < -0.39 is 6.03 Å². The number of nitrogens with one attached hydrogen (secondary N) is 2. The molecule has 0 aliphatic heterocycles. The summed E-state index contributed by atoms with van der Waals surface area (Å²) in [5.41, 5.74) is 0.493. The van der Waals surface area contributed by atoms with E-state index in [1.165, 1.54) is 13.1 Å². The highest BCUT2D eigenvalue weighted by molar-refractivity contribution is 5.84. The van der Waals surface area contributed by atoms with Crippen molar-refractivity contribution in [2.45, 2.75) is 25.4 Å². The van der Waals surface area contributed by atoms with Crippen molar-refractivity contribution in [2.24, 2.45) is 0 Å². The third-order valence-electron chi connectivity index (χ3n) is 3.23. The van der Waals surface area contributed by atoms with Crippen molar-refractivity contribution < 1.29 is 14.0 Å². The average molecular weight is 279 g/mol. The molecule has 0 aromatic heterocycles. The fourth-order valence-corrected chi connectivity index (χ4v) is 1.96. The highest BCUT2D eigenvalue weighted by Gasteiger charge is 2.32. The Labute approximate surface area is 117 Å². The zero-order valence-corrected chi connectivity index (χ0v) is 11.4. The van der Waals surface area contributed by atoms with Crippen molar-refractivity contribution in [3.05, 3.63) is 35.6 Å². The molecule has 1 saturated carbocycles. The summed E-state index contributed by atoms with van der Waals surface area (Å²) in [6.45, 7) is 0.163. The maximum atomic E-state index is 13.6. The van der Waals surface area contributed by atoms with Gasteiger partial charge >= 0.3 is 6.03 Å². The molecule has 0 spiro atoms. The molecule has 1 aromatic rings. The largest absolute Gasteiger partial charge is 0.341 e. The van der Waals surface area contributed by atoms with Gasteiger partial charge in [-0.05, 0) is 18.9 Å². The number of urea groups is 1. The van der Waals surface area contributed by atoms with E-state index in [4.69, 9.17) is 0 Å². The molecule has 1 aliphatic rings. The molecule has 2 rings (SSSR count). The first kappa shape index (κ1) is 14.3. The number of rotatable bonds is 5. The quantitative estimate of drug-likeness (QED) is 0.852. The Morgan fingerprint density at radius 2 is 2.05 bits per heavy atom. The van der Waals surface area contributed by atoms with Crippen LogP contribution in [-0.2, 0) is 11.3 Å². The standard InChI is InChI=1S/C14H18FN3O2/c1-16-14(20)17-8-13(19)18(11-6-7-11)9-10-4-2-3-5-12(10)15/h2-5,11H,6-9H2,1H3,(H2,16,17,20). The van der Waals surface area contributed by atoms with E-state index in [1.54, 1.807) is 23.1 Å². The molecule has 108 valence electrons. The summed E-state index contributed by atoms with van der Waals surface area (Å²) < 4.78 is 13.6. The van der Waals surface area contributed by atoms with Gasteiger partial charge in [-0.25, -0.2) is 9.18 Å². The lowest BCUT2D eigenvalue weighted by Gasteiger charge is -2.23. The molecule has 20 heavy (non-hydrogen) atoms. The minimum atomic E-state index is -0.403. The zero-order valence-electron chi connectivity index (χ0n) is 11.4. The molecule has 1 aliphatic carbocycles. The molecule has 0 unspecified atom stereocenters. The smallest absolute Gasteiger partial charge is 0.314 e. The fourth-order valence-electron chi connectivity index (χ4n) is 1.96. The maximum absolute atomic E-state index is 13.6. The van der Waals surface area contributed by atoms with Crippen molar-refractivity contribution in [2.75, 3.05) is 13.6 Å². The second-order valence-electron chi connectivity index (χ2n) is 4.78. The minimum absolute atomic E-state index is 0.0787. The lowest BCUT2D eigenvalue weighted by atomic mass is 10.2. The van der Waals surface area contributed by atoms with Gasteiger partial charge < -0.3 is 15.5 Å². The first-order chi connectivity index (χ1) is 9.61. The van der Waals surface area contributed by atoms with E-state index in [0.717, 1.165) is 12.8 Å². The minimum Gasteiger partial charge on any atom is -0.341 e. The Kier molecular flexibility index (Phi) is 4.55. The summed E-state index contributed by atoms with van der Waals surface area (Å²) in [4.78, 5) is 24.8. The summed E-state index contributed by atoms with van der Waals surface area (Å²) in [5, 5.41) is 4.84. The van der Waals surface area contributed by atoms with Crippen LogP contribution in [-0.4, -0.2) is 36.5 Å². The van der Waals surface area contributed by atoms with Gasteiger partial charge in [0, 0.05) is 25.2 Å². The summed E-state index contributed by atoms with van der Waals surface area (Å²) in [5.74, 6) is -0.510. The first-order valence-corrected chi connectivity index (χ1v) is 6.60. The van der Waals surface area contributed by atoms with Crippen LogP contribution in [0.2, 0.25) is 0 Å². The third-order valence-corrected chi connectivity index (χ3v) is 3.23. The molecule has 5 nitrogen and oxygen atoms in total. The van der Waals surface area contributed by atoms with E-state index in [0.29, 0.717) is 5.56 Å². The van der Waals surface area contributed by atoms with Crippen molar-refractivity contribution in [3.63, 3.8) is 0 Å². The van der Waals surface area contributed by atoms with Gasteiger partial charge in [-0.2, -0.15) is 0 Å². The second kappa shape index (κ2) is 6.36. The number of nitrogens with zero attached hydrogens (tertiary/aromatic N) is 1. The lowest BCUT2D eigenvalue weighted by molar-refractivity contribution is -0.131. The molecule has 0 saturated heterocycles. The van der Waals surface area contributed by atoms with Crippen LogP contribution in [0.25, 0.3) is 0 Å². The molecule has 2 N–H and O–H groups in total. The van der Waals surface area contributed by atoms with Gasteiger partial charge in [0.25, 0.3) is 0 Å². The van der Waals surface area contributed by atoms with E-state index in [2.05, 4.69) is 10.6 Å². The molecule has 0 bridgehead atoms. The SMILES string of the molecule is CNC(=O)NCC(=O)N(Cc1ccccc1F)C1CC1. The number of halogens is 1. The van der Waals surface area contributed by atoms with Crippen molar-refractivity contribution in [1.29, 1.82) is 0 Å². The molecule has 1 aromatic carbocycles. The van der Waals surface area contributed by atoms with Crippen LogP contribution in [0.1, 0.15) is 18.4 Å². The Hall–Kier alpha value is -2.11. The summed E-state index contributed by atoms with van der Waals surface area (Å²) in [6, 6.07) is 6.18. The topological polar surface area (TPSA) is 61.4 Å². The Balaban J connectivity index is 1.99. The molecule has 6 heteroatoms. The van der Waals surface area contributed by atoms with Crippen LogP contribution in [0.15, 0.2) is 24.3 Å². The Morgan fingerprint density at radius 3 is 2.65 bits per heavy atom. The van der Waals surface area contributed by atoms with E-state index >= 15 is 0 Å². The van der Waals surface area contributed by atoms with Gasteiger partial charge in [0.2, 0.25) is 5.91 Å². The van der Waals surface area contributed by atoms with E-state index in [1.807, 2.05) is 0 Å². The second-order valence-corrected chi connectivity index (χ2v) is 4.78. The third kappa shape index (κ3) is 3.69. The summed E-state index contributed by atoms with van der Waals surface area (Å²) >= 11 is 0. The van der Waals surface area contributed by atoms with Gasteiger partial charge in [0.15, 0.2) is 0 Å². The predicted molar refractivity (Wildman–Crippen MR) is 72.4 cm³/mol. The molecular weight excluding hydrogens is 261 g/mol. The normalized spacial score (nSPS) is 13.7.